The second kappa shape index (κ2) is 20.5. The number of benzene rings is 10. The summed E-state index contributed by atoms with van der Waals surface area (Å²) in [6.45, 7) is 42.3. The van der Waals surface area contributed by atoms with Crippen LogP contribution in [0.15, 0.2) is 206 Å². The van der Waals surface area contributed by atoms with Gasteiger partial charge in [-0.25, -0.2) is 0 Å². The summed E-state index contributed by atoms with van der Waals surface area (Å²) in [4.78, 5) is 2.73. The highest BCUT2D eigenvalue weighted by Crippen LogP contribution is 2.59. The van der Waals surface area contributed by atoms with Crippen molar-refractivity contribution in [3.05, 3.63) is 262 Å². The average molecular weight is 1150 g/mol. The highest BCUT2D eigenvalue weighted by molar-refractivity contribution is 6.99. The number of rotatable bonds is 5. The lowest BCUT2D eigenvalue weighted by molar-refractivity contribution is 0.435. The quantitative estimate of drug-likeness (QED) is 0.159. The molecule has 3 aliphatic heterocycles. The Morgan fingerprint density at radius 1 is 0.295 bits per heavy atom. The van der Waals surface area contributed by atoms with Gasteiger partial charge in [0.2, 0.25) is 6.71 Å². The van der Waals surface area contributed by atoms with E-state index in [0.29, 0.717) is 0 Å². The molecule has 0 N–H and O–H groups in total. The van der Waals surface area contributed by atoms with Gasteiger partial charge in [0.05, 0.1) is 11.1 Å². The first-order valence-electron chi connectivity index (χ1n) is 32.2. The van der Waals surface area contributed by atoms with Crippen molar-refractivity contribution in [3.8, 4) is 56.0 Å². The van der Waals surface area contributed by atoms with Crippen molar-refractivity contribution < 1.29 is 4.74 Å². The first-order valence-corrected chi connectivity index (χ1v) is 32.2. The fourth-order valence-electron chi connectivity index (χ4n) is 14.2. The smallest absolute Gasteiger partial charge is 0.247 e. The Labute approximate surface area is 527 Å². The van der Waals surface area contributed by atoms with Gasteiger partial charge < -0.3 is 9.64 Å². The van der Waals surface area contributed by atoms with E-state index in [1.54, 1.807) is 0 Å². The van der Waals surface area contributed by atoms with E-state index in [-0.39, 0.29) is 39.2 Å². The molecular weight excluding hydrogens is 1060 g/mol. The molecule has 0 saturated heterocycles. The molecular formula is C85H88BNO. The lowest BCUT2D eigenvalue weighted by atomic mass is 9.29. The van der Waals surface area contributed by atoms with E-state index in [1.807, 2.05) is 0 Å². The summed E-state index contributed by atoms with van der Waals surface area (Å²) in [7, 11) is 0. The molecule has 10 aromatic rings. The average Bonchev–Trinajstić information content (AvgIpc) is 0.672. The van der Waals surface area contributed by atoms with Crippen molar-refractivity contribution in [2.24, 2.45) is 0 Å². The molecule has 0 radical (unpaired) electrons. The van der Waals surface area contributed by atoms with Gasteiger partial charge in [0.15, 0.2) is 0 Å². The number of para-hydroxylation sites is 2. The van der Waals surface area contributed by atoms with Crippen molar-refractivity contribution >= 4 is 40.2 Å². The van der Waals surface area contributed by atoms with Gasteiger partial charge in [-0.1, -0.05) is 300 Å². The summed E-state index contributed by atoms with van der Waals surface area (Å²) in [5.41, 5.74) is 28.5. The van der Waals surface area contributed by atoms with Gasteiger partial charge in [0.1, 0.15) is 11.5 Å². The van der Waals surface area contributed by atoms with Crippen LogP contribution < -0.4 is 26.0 Å². The molecule has 2 nitrogen and oxygen atoms in total. The lowest BCUT2D eigenvalue weighted by Crippen LogP contribution is -2.65. The second-order valence-electron chi connectivity index (χ2n) is 31.9. The Kier molecular flexibility index (Phi) is 13.7. The van der Waals surface area contributed by atoms with Crippen LogP contribution in [0.4, 0.5) is 17.1 Å². The third kappa shape index (κ3) is 9.87. The second-order valence-corrected chi connectivity index (χ2v) is 31.9. The summed E-state index contributed by atoms with van der Waals surface area (Å²) in [6, 6.07) is 80.4. The Balaban J connectivity index is 1.25. The molecule has 13 rings (SSSR count). The van der Waals surface area contributed by atoms with Crippen LogP contribution in [-0.2, 0) is 37.9 Å². The number of fused-ring (bicyclic) bond motifs is 10. The first-order chi connectivity index (χ1) is 41.4. The van der Waals surface area contributed by atoms with Crippen molar-refractivity contribution in [2.75, 3.05) is 4.90 Å². The zero-order valence-electron chi connectivity index (χ0n) is 55.6. The summed E-state index contributed by atoms with van der Waals surface area (Å²) >= 11 is 0. The van der Waals surface area contributed by atoms with E-state index < -0.39 is 5.41 Å². The highest BCUT2D eigenvalue weighted by atomic mass is 16.5. The third-order valence-electron chi connectivity index (χ3n) is 19.5. The minimum Gasteiger partial charge on any atom is -0.457 e. The molecule has 1 spiro atoms. The number of anilines is 3. The van der Waals surface area contributed by atoms with Crippen molar-refractivity contribution in [3.63, 3.8) is 0 Å². The molecule has 0 bridgehead atoms. The Morgan fingerprint density at radius 2 is 0.682 bits per heavy atom. The molecule has 3 aliphatic rings. The number of hydrogen-bond acceptors (Lipinski definition) is 2. The van der Waals surface area contributed by atoms with Gasteiger partial charge in [-0.05, 0) is 158 Å². The topological polar surface area (TPSA) is 12.5 Å². The fraction of sp³-hybridized carbons (Fsp3) is 0.294. The number of hydrogen-bond donors (Lipinski definition) is 0. The summed E-state index contributed by atoms with van der Waals surface area (Å²) in [5, 5.41) is 0. The number of ether oxygens (including phenoxy) is 1. The van der Waals surface area contributed by atoms with Crippen LogP contribution in [0.25, 0.3) is 44.5 Å². The molecule has 0 fully saturated rings. The largest absolute Gasteiger partial charge is 0.457 e. The summed E-state index contributed by atoms with van der Waals surface area (Å²) in [6.07, 6.45) is 0. The standard InChI is InChI=1S/C85H88BNO/c1-79(2,3)59-41-57(42-60(47-59)80(4,5)6)55-37-39-67-71(45-55)86-72-46-56(58-43-61(81(7,8)9)48-62(44-58)82(10,11)12)38-40-73(72)87(78-65(53-29-21-19-22-30-53)49-63(83(13,14)15)50-66(78)54-31-23-20-24-32-54)74-52-64(84(16,17)18)51-70(77(74)86)85(67)68-33-25-27-35-75(68)88-76-36-28-26-34-69(76)85/h19-52H,1-18H3. The fourth-order valence-corrected chi connectivity index (χ4v) is 14.2. The van der Waals surface area contributed by atoms with Gasteiger partial charge >= 0.3 is 0 Å². The molecule has 10 aromatic carbocycles. The van der Waals surface area contributed by atoms with Gasteiger partial charge in [-0.15, -0.1) is 0 Å². The predicted molar refractivity (Wildman–Crippen MR) is 378 cm³/mol. The lowest BCUT2D eigenvalue weighted by Gasteiger charge is -2.51. The SMILES string of the molecule is CC(C)(C)c1cc(-c2ccc3c(c2)B2c4cc(-c5cc(C(C)(C)C)cc(C(C)(C)C)c5)ccc4C4(c5ccccc5Oc5ccccc54)c4cc(C(C)(C)C)cc(c42)N3c2c(-c3ccccc3)cc(C(C)(C)C)cc2-c2ccccc2)cc(C(C)(C)C)c1. The zero-order valence-corrected chi connectivity index (χ0v) is 55.6. The van der Waals surface area contributed by atoms with Gasteiger partial charge in [0, 0.05) is 33.6 Å². The van der Waals surface area contributed by atoms with Crippen LogP contribution in [-0.4, -0.2) is 6.71 Å². The van der Waals surface area contributed by atoms with Crippen molar-refractivity contribution in [1.82, 2.24) is 0 Å². The Morgan fingerprint density at radius 3 is 1.12 bits per heavy atom. The van der Waals surface area contributed by atoms with Crippen molar-refractivity contribution in [1.29, 1.82) is 0 Å². The van der Waals surface area contributed by atoms with E-state index in [0.717, 1.165) is 22.6 Å². The van der Waals surface area contributed by atoms with E-state index in [4.69, 9.17) is 4.74 Å². The summed E-state index contributed by atoms with van der Waals surface area (Å²) in [5.74, 6) is 1.77. The molecule has 442 valence electrons. The normalized spacial score (nSPS) is 14.4. The molecule has 0 unspecified atom stereocenters. The first kappa shape index (κ1) is 58.9. The molecule has 0 aliphatic carbocycles. The van der Waals surface area contributed by atoms with Crippen LogP contribution in [0.5, 0.6) is 11.5 Å². The summed E-state index contributed by atoms with van der Waals surface area (Å²) < 4.78 is 7.15. The van der Waals surface area contributed by atoms with E-state index in [2.05, 4.69) is 336 Å². The van der Waals surface area contributed by atoms with E-state index in [1.165, 1.54) is 122 Å². The molecule has 88 heavy (non-hydrogen) atoms. The minimum absolute atomic E-state index is 0.0655. The van der Waals surface area contributed by atoms with Crippen LogP contribution in [0.1, 0.15) is 180 Å². The van der Waals surface area contributed by atoms with Crippen LogP contribution in [0, 0.1) is 0 Å². The molecule has 0 amide bonds. The Bertz CT molecular complexity index is 4230. The van der Waals surface area contributed by atoms with Crippen LogP contribution in [0.2, 0.25) is 0 Å². The van der Waals surface area contributed by atoms with Gasteiger partial charge in [-0.2, -0.15) is 0 Å². The zero-order chi connectivity index (χ0) is 62.4. The maximum absolute atomic E-state index is 7.15. The van der Waals surface area contributed by atoms with Gasteiger partial charge in [0.25, 0.3) is 0 Å². The molecule has 0 aromatic heterocycles. The number of nitrogens with zero attached hydrogens (tertiary/aromatic N) is 1. The molecule has 3 heteroatoms. The molecule has 0 saturated carbocycles. The minimum atomic E-state index is -0.797. The Hall–Kier alpha value is -8.14. The molecule has 0 atom stereocenters. The highest BCUT2D eigenvalue weighted by Gasteiger charge is 2.55. The third-order valence-corrected chi connectivity index (χ3v) is 19.5. The van der Waals surface area contributed by atoms with Crippen LogP contribution >= 0.6 is 0 Å². The van der Waals surface area contributed by atoms with Crippen LogP contribution in [0.3, 0.4) is 0 Å². The van der Waals surface area contributed by atoms with E-state index in [9.17, 15) is 0 Å². The van der Waals surface area contributed by atoms with Crippen molar-refractivity contribution in [2.45, 2.75) is 163 Å². The molecule has 3 heterocycles. The monoisotopic (exact) mass is 1150 g/mol. The maximum atomic E-state index is 7.15. The van der Waals surface area contributed by atoms with E-state index >= 15 is 0 Å². The predicted octanol–water partition coefficient (Wildman–Crippen LogP) is 21.2. The van der Waals surface area contributed by atoms with Gasteiger partial charge in [-0.3, -0.25) is 0 Å². The maximum Gasteiger partial charge on any atom is 0.247 e.